The number of anilines is 1. The molecule has 29 heavy (non-hydrogen) atoms. The quantitative estimate of drug-likeness (QED) is 0.583. The number of thiophene rings is 1. The lowest BCUT2D eigenvalue weighted by molar-refractivity contribution is -0.133. The molecule has 1 fully saturated rings. The molecule has 9 heteroatoms. The predicted octanol–water partition coefficient (Wildman–Crippen LogP) is 4.24. The first-order valence-corrected chi connectivity index (χ1v) is 10.7. The molecule has 1 aliphatic rings. The van der Waals surface area contributed by atoms with Gasteiger partial charge in [-0.2, -0.15) is 0 Å². The van der Waals surface area contributed by atoms with Gasteiger partial charge < -0.3 is 14.5 Å². The van der Waals surface area contributed by atoms with E-state index in [0.717, 1.165) is 16.4 Å². The van der Waals surface area contributed by atoms with Crippen LogP contribution >= 0.6 is 34.5 Å². The van der Waals surface area contributed by atoms with E-state index in [1.807, 2.05) is 29.6 Å². The molecule has 0 bridgehead atoms. The average Bonchev–Trinajstić information content (AvgIpc) is 3.28. The summed E-state index contributed by atoms with van der Waals surface area (Å²) in [7, 11) is 0. The van der Waals surface area contributed by atoms with Crippen molar-refractivity contribution in [1.82, 2.24) is 15.1 Å². The van der Waals surface area contributed by atoms with Crippen LogP contribution in [0, 0.1) is 0 Å². The molecule has 0 radical (unpaired) electrons. The van der Waals surface area contributed by atoms with Crippen LogP contribution < -0.4 is 9.64 Å². The van der Waals surface area contributed by atoms with Crippen LogP contribution in [0.1, 0.15) is 0 Å². The van der Waals surface area contributed by atoms with Crippen molar-refractivity contribution < 1.29 is 9.53 Å². The number of nitrogens with zero attached hydrogens (tertiary/aromatic N) is 4. The molecule has 2 aromatic heterocycles. The fourth-order valence-corrected chi connectivity index (χ4v) is 4.21. The van der Waals surface area contributed by atoms with Crippen LogP contribution in [0.4, 0.5) is 5.82 Å². The standard InChI is InChI=1S/C20H18Cl2N4O2S/c21-14-3-5-17(15(22)12-14)28-13-20(27)26-9-7-25(8-10-26)19-6-4-16(23-24-19)18-2-1-11-29-18/h1-6,11-12H,7-10,13H2. The molecule has 150 valence electrons. The molecule has 3 heterocycles. The van der Waals surface area contributed by atoms with Gasteiger partial charge in [0.1, 0.15) is 11.4 Å². The number of piperazine rings is 1. The molecule has 0 atom stereocenters. The molecular weight excluding hydrogens is 431 g/mol. The zero-order chi connectivity index (χ0) is 20.2. The van der Waals surface area contributed by atoms with Crippen LogP contribution in [0.5, 0.6) is 5.75 Å². The summed E-state index contributed by atoms with van der Waals surface area (Å²) in [5, 5.41) is 11.6. The van der Waals surface area contributed by atoms with Gasteiger partial charge in [0.2, 0.25) is 0 Å². The second-order valence-electron chi connectivity index (χ2n) is 6.49. The number of benzene rings is 1. The largest absolute Gasteiger partial charge is 0.482 e. The van der Waals surface area contributed by atoms with Crippen LogP contribution in [0.2, 0.25) is 10.0 Å². The highest BCUT2D eigenvalue weighted by Crippen LogP contribution is 2.27. The Labute approximate surface area is 182 Å². The molecule has 1 amide bonds. The molecule has 0 spiro atoms. The third-order valence-electron chi connectivity index (χ3n) is 4.63. The summed E-state index contributed by atoms with van der Waals surface area (Å²) < 4.78 is 5.55. The molecule has 6 nitrogen and oxygen atoms in total. The summed E-state index contributed by atoms with van der Waals surface area (Å²) in [5.74, 6) is 1.19. The van der Waals surface area contributed by atoms with E-state index in [9.17, 15) is 4.79 Å². The van der Waals surface area contributed by atoms with Gasteiger partial charge >= 0.3 is 0 Å². The minimum Gasteiger partial charge on any atom is -0.482 e. The highest BCUT2D eigenvalue weighted by atomic mass is 35.5. The Hall–Kier alpha value is -2.35. The van der Waals surface area contributed by atoms with E-state index in [0.29, 0.717) is 42.0 Å². The maximum atomic E-state index is 12.5. The summed E-state index contributed by atoms with van der Waals surface area (Å²) in [6, 6.07) is 12.9. The second-order valence-corrected chi connectivity index (χ2v) is 8.28. The summed E-state index contributed by atoms with van der Waals surface area (Å²) in [4.78, 5) is 17.5. The second kappa shape index (κ2) is 8.98. The predicted molar refractivity (Wildman–Crippen MR) is 116 cm³/mol. The molecule has 0 aliphatic carbocycles. The van der Waals surface area contributed by atoms with E-state index in [1.54, 1.807) is 34.4 Å². The molecule has 4 rings (SSSR count). The highest BCUT2D eigenvalue weighted by molar-refractivity contribution is 7.13. The molecule has 1 aliphatic heterocycles. The Kier molecular flexibility index (Phi) is 6.18. The van der Waals surface area contributed by atoms with Crippen molar-refractivity contribution in [3.63, 3.8) is 0 Å². The third-order valence-corrected chi connectivity index (χ3v) is 6.05. The fourth-order valence-electron chi connectivity index (χ4n) is 3.06. The van der Waals surface area contributed by atoms with E-state index in [4.69, 9.17) is 27.9 Å². The van der Waals surface area contributed by atoms with Crippen molar-refractivity contribution in [1.29, 1.82) is 0 Å². The molecule has 0 unspecified atom stereocenters. The average molecular weight is 449 g/mol. The lowest BCUT2D eigenvalue weighted by atomic mass is 10.3. The van der Waals surface area contributed by atoms with Crippen molar-refractivity contribution in [3.8, 4) is 16.3 Å². The van der Waals surface area contributed by atoms with Crippen LogP contribution in [0.25, 0.3) is 10.6 Å². The van der Waals surface area contributed by atoms with Crippen LogP contribution in [0.3, 0.4) is 0 Å². The summed E-state index contributed by atoms with van der Waals surface area (Å²) in [5.41, 5.74) is 0.871. The van der Waals surface area contributed by atoms with E-state index in [-0.39, 0.29) is 12.5 Å². The summed E-state index contributed by atoms with van der Waals surface area (Å²) in [6.07, 6.45) is 0. The van der Waals surface area contributed by atoms with Gasteiger partial charge in [-0.05, 0) is 41.8 Å². The lowest BCUT2D eigenvalue weighted by Gasteiger charge is -2.35. The van der Waals surface area contributed by atoms with Gasteiger partial charge in [-0.1, -0.05) is 29.3 Å². The smallest absolute Gasteiger partial charge is 0.260 e. The maximum absolute atomic E-state index is 12.5. The number of hydrogen-bond acceptors (Lipinski definition) is 6. The van der Waals surface area contributed by atoms with E-state index >= 15 is 0 Å². The lowest BCUT2D eigenvalue weighted by Crippen LogP contribution is -2.50. The van der Waals surface area contributed by atoms with E-state index in [2.05, 4.69) is 15.1 Å². The number of ether oxygens (including phenoxy) is 1. The Morgan fingerprint density at radius 3 is 2.55 bits per heavy atom. The number of aromatic nitrogens is 2. The van der Waals surface area contributed by atoms with Crippen molar-refractivity contribution in [3.05, 3.63) is 57.9 Å². The van der Waals surface area contributed by atoms with Crippen molar-refractivity contribution in [2.45, 2.75) is 0 Å². The van der Waals surface area contributed by atoms with Gasteiger partial charge in [-0.25, -0.2) is 0 Å². The zero-order valence-electron chi connectivity index (χ0n) is 15.4. The van der Waals surface area contributed by atoms with Gasteiger partial charge in [-0.15, -0.1) is 21.5 Å². The Balaban J connectivity index is 1.29. The number of amides is 1. The first-order valence-electron chi connectivity index (χ1n) is 9.08. The number of hydrogen-bond donors (Lipinski definition) is 0. The number of halogens is 2. The van der Waals surface area contributed by atoms with Crippen molar-refractivity contribution in [2.75, 3.05) is 37.7 Å². The summed E-state index contributed by atoms with van der Waals surface area (Å²) in [6.45, 7) is 2.54. The van der Waals surface area contributed by atoms with Gasteiger partial charge in [-0.3, -0.25) is 4.79 Å². The molecule has 1 aromatic carbocycles. The first kappa shape index (κ1) is 19.9. The Bertz CT molecular complexity index is 975. The molecule has 0 N–H and O–H groups in total. The first-order chi connectivity index (χ1) is 14.1. The minimum atomic E-state index is -0.0743. The number of carbonyl (C=O) groups is 1. The normalized spacial score (nSPS) is 14.1. The van der Waals surface area contributed by atoms with Crippen LogP contribution in [-0.4, -0.2) is 53.8 Å². The van der Waals surface area contributed by atoms with Gasteiger partial charge in [0.25, 0.3) is 5.91 Å². The zero-order valence-corrected chi connectivity index (χ0v) is 17.8. The van der Waals surface area contributed by atoms with E-state index in [1.165, 1.54) is 0 Å². The maximum Gasteiger partial charge on any atom is 0.260 e. The Morgan fingerprint density at radius 1 is 1.07 bits per heavy atom. The van der Waals surface area contributed by atoms with Gasteiger partial charge in [0.15, 0.2) is 12.4 Å². The monoisotopic (exact) mass is 448 g/mol. The fraction of sp³-hybridized carbons (Fsp3) is 0.250. The van der Waals surface area contributed by atoms with Gasteiger partial charge in [0.05, 0.1) is 9.90 Å². The molecule has 0 saturated carbocycles. The Morgan fingerprint density at radius 2 is 1.90 bits per heavy atom. The van der Waals surface area contributed by atoms with Crippen LogP contribution in [-0.2, 0) is 4.79 Å². The minimum absolute atomic E-state index is 0.0589. The van der Waals surface area contributed by atoms with E-state index < -0.39 is 0 Å². The van der Waals surface area contributed by atoms with Gasteiger partial charge in [0, 0.05) is 31.2 Å². The molecular formula is C20H18Cl2N4O2S. The van der Waals surface area contributed by atoms with Crippen molar-refractivity contribution in [2.24, 2.45) is 0 Å². The third kappa shape index (κ3) is 4.80. The topological polar surface area (TPSA) is 58.6 Å². The number of rotatable bonds is 5. The number of carbonyl (C=O) groups excluding carboxylic acids is 1. The summed E-state index contributed by atoms with van der Waals surface area (Å²) >= 11 is 13.6. The van der Waals surface area contributed by atoms with Crippen LogP contribution in [0.15, 0.2) is 47.8 Å². The van der Waals surface area contributed by atoms with Crippen molar-refractivity contribution >= 4 is 46.3 Å². The highest BCUT2D eigenvalue weighted by Gasteiger charge is 2.22. The molecule has 1 saturated heterocycles. The molecule has 3 aromatic rings. The SMILES string of the molecule is O=C(COc1ccc(Cl)cc1Cl)N1CCN(c2ccc(-c3cccs3)nn2)CC1.